The summed E-state index contributed by atoms with van der Waals surface area (Å²) in [5.41, 5.74) is 1.22. The number of benzene rings is 2. The van der Waals surface area contributed by atoms with Gasteiger partial charge in [0.2, 0.25) is 0 Å². The Morgan fingerprint density at radius 3 is 2.05 bits per heavy atom. The van der Waals surface area contributed by atoms with Gasteiger partial charge in [-0.2, -0.15) is 0 Å². The van der Waals surface area contributed by atoms with Gasteiger partial charge in [0, 0.05) is 18.7 Å². The van der Waals surface area contributed by atoms with Gasteiger partial charge < -0.3 is 10.1 Å². The van der Waals surface area contributed by atoms with Crippen molar-refractivity contribution in [3.05, 3.63) is 64.2 Å². The lowest BCUT2D eigenvalue weighted by atomic mass is 10.2. The van der Waals surface area contributed by atoms with E-state index in [1.807, 2.05) is 31.3 Å². The normalized spacial score (nSPS) is 10.2. The van der Waals surface area contributed by atoms with Crippen LogP contribution < -0.4 is 10.1 Å². The zero-order valence-electron chi connectivity index (χ0n) is 10.5. The Hall–Kier alpha value is -2.40. The lowest BCUT2D eigenvalue weighted by Gasteiger charge is -2.06. The molecule has 2 aromatic carbocycles. The molecule has 98 valence electrons. The third-order valence-electron chi connectivity index (χ3n) is 2.59. The monoisotopic (exact) mass is 258 g/mol. The van der Waals surface area contributed by atoms with Crippen molar-refractivity contribution in [3.63, 3.8) is 0 Å². The molecule has 0 atom stereocenters. The molecule has 5 nitrogen and oxygen atoms in total. The first kappa shape index (κ1) is 13.0. The molecule has 0 fully saturated rings. The summed E-state index contributed by atoms with van der Waals surface area (Å²) in [5, 5.41) is 13.6. The Morgan fingerprint density at radius 2 is 1.58 bits per heavy atom. The molecule has 0 saturated heterocycles. The highest BCUT2D eigenvalue weighted by atomic mass is 16.6. The van der Waals surface area contributed by atoms with E-state index < -0.39 is 4.92 Å². The van der Waals surface area contributed by atoms with Gasteiger partial charge in [-0.3, -0.25) is 10.1 Å². The van der Waals surface area contributed by atoms with E-state index in [1.54, 1.807) is 12.1 Å². The molecule has 0 unspecified atom stereocenters. The van der Waals surface area contributed by atoms with Crippen molar-refractivity contribution < 1.29 is 9.66 Å². The number of hydrogen-bond donors (Lipinski definition) is 1. The zero-order chi connectivity index (χ0) is 13.7. The van der Waals surface area contributed by atoms with Gasteiger partial charge in [-0.25, -0.2) is 0 Å². The summed E-state index contributed by atoms with van der Waals surface area (Å²) < 4.78 is 5.60. The molecule has 0 heterocycles. The van der Waals surface area contributed by atoms with Gasteiger partial charge in [0.15, 0.2) is 0 Å². The van der Waals surface area contributed by atoms with E-state index in [4.69, 9.17) is 4.74 Å². The fourth-order valence-corrected chi connectivity index (χ4v) is 1.65. The Morgan fingerprint density at radius 1 is 1.05 bits per heavy atom. The van der Waals surface area contributed by atoms with E-state index in [2.05, 4.69) is 5.32 Å². The molecule has 0 bridgehead atoms. The average Bonchev–Trinajstić information content (AvgIpc) is 2.42. The van der Waals surface area contributed by atoms with E-state index in [1.165, 1.54) is 17.7 Å². The first-order valence-corrected chi connectivity index (χ1v) is 5.85. The van der Waals surface area contributed by atoms with Gasteiger partial charge >= 0.3 is 0 Å². The van der Waals surface area contributed by atoms with Crippen molar-refractivity contribution in [2.75, 3.05) is 7.05 Å². The van der Waals surface area contributed by atoms with Gasteiger partial charge in [-0.1, -0.05) is 12.1 Å². The Balaban J connectivity index is 2.06. The molecule has 2 aromatic rings. The second-order valence-electron chi connectivity index (χ2n) is 4.03. The van der Waals surface area contributed by atoms with Crippen LogP contribution in [0, 0.1) is 10.1 Å². The molecular weight excluding hydrogens is 244 g/mol. The minimum absolute atomic E-state index is 0.0525. The maximum absolute atomic E-state index is 10.5. The number of nitrogens with one attached hydrogen (secondary N) is 1. The minimum atomic E-state index is -0.434. The third kappa shape index (κ3) is 3.53. The predicted octanol–water partition coefficient (Wildman–Crippen LogP) is 3.11. The SMILES string of the molecule is CNCc1ccc(Oc2ccc([N+](=O)[O-])cc2)cc1. The van der Waals surface area contributed by atoms with Crippen LogP contribution in [0.5, 0.6) is 11.5 Å². The van der Waals surface area contributed by atoms with Crippen LogP contribution in [0.3, 0.4) is 0 Å². The van der Waals surface area contributed by atoms with Gasteiger partial charge in [0.1, 0.15) is 11.5 Å². The summed E-state index contributed by atoms with van der Waals surface area (Å²) in [5.74, 6) is 1.28. The lowest BCUT2D eigenvalue weighted by molar-refractivity contribution is -0.384. The molecular formula is C14H14N2O3. The van der Waals surface area contributed by atoms with Crippen molar-refractivity contribution in [3.8, 4) is 11.5 Å². The molecule has 0 aliphatic heterocycles. The molecule has 1 N–H and O–H groups in total. The quantitative estimate of drug-likeness (QED) is 0.661. The van der Waals surface area contributed by atoms with E-state index in [0.29, 0.717) is 11.5 Å². The smallest absolute Gasteiger partial charge is 0.269 e. The Bertz CT molecular complexity index is 550. The maximum Gasteiger partial charge on any atom is 0.269 e. The van der Waals surface area contributed by atoms with Gasteiger partial charge in [-0.15, -0.1) is 0 Å². The van der Waals surface area contributed by atoms with Crippen LogP contribution in [0.15, 0.2) is 48.5 Å². The fourth-order valence-electron chi connectivity index (χ4n) is 1.65. The van der Waals surface area contributed by atoms with Gasteiger partial charge in [0.05, 0.1) is 4.92 Å². The van der Waals surface area contributed by atoms with E-state index in [-0.39, 0.29) is 5.69 Å². The Labute approximate surface area is 111 Å². The summed E-state index contributed by atoms with van der Waals surface area (Å²) in [6.07, 6.45) is 0. The van der Waals surface area contributed by atoms with E-state index in [0.717, 1.165) is 6.54 Å². The van der Waals surface area contributed by atoms with Crippen LogP contribution in [0.2, 0.25) is 0 Å². The molecule has 0 amide bonds. The molecule has 0 spiro atoms. The highest BCUT2D eigenvalue weighted by Crippen LogP contribution is 2.23. The largest absolute Gasteiger partial charge is 0.457 e. The molecule has 0 aliphatic carbocycles. The highest BCUT2D eigenvalue weighted by molar-refractivity contribution is 5.39. The van der Waals surface area contributed by atoms with Crippen LogP contribution in [-0.2, 0) is 6.54 Å². The van der Waals surface area contributed by atoms with E-state index >= 15 is 0 Å². The molecule has 2 rings (SSSR count). The van der Waals surface area contributed by atoms with Crippen LogP contribution in [-0.4, -0.2) is 12.0 Å². The summed E-state index contributed by atoms with van der Waals surface area (Å²) in [6.45, 7) is 0.803. The minimum Gasteiger partial charge on any atom is -0.457 e. The number of hydrogen-bond acceptors (Lipinski definition) is 4. The maximum atomic E-state index is 10.5. The number of nitrogens with zero attached hydrogens (tertiary/aromatic N) is 1. The van der Waals surface area contributed by atoms with Gasteiger partial charge in [-0.05, 0) is 36.9 Å². The van der Waals surface area contributed by atoms with Crippen molar-refractivity contribution in [2.24, 2.45) is 0 Å². The Kier molecular flexibility index (Phi) is 4.10. The fraction of sp³-hybridized carbons (Fsp3) is 0.143. The molecule has 0 radical (unpaired) electrons. The topological polar surface area (TPSA) is 64.4 Å². The predicted molar refractivity (Wildman–Crippen MR) is 72.4 cm³/mol. The first-order valence-electron chi connectivity index (χ1n) is 5.85. The third-order valence-corrected chi connectivity index (χ3v) is 2.59. The van der Waals surface area contributed by atoms with Crippen molar-refractivity contribution in [1.29, 1.82) is 0 Å². The van der Waals surface area contributed by atoms with Crippen molar-refractivity contribution in [1.82, 2.24) is 5.32 Å². The van der Waals surface area contributed by atoms with Crippen LogP contribution in [0.4, 0.5) is 5.69 Å². The first-order chi connectivity index (χ1) is 9.19. The number of ether oxygens (including phenoxy) is 1. The second kappa shape index (κ2) is 5.97. The van der Waals surface area contributed by atoms with Crippen molar-refractivity contribution in [2.45, 2.75) is 6.54 Å². The summed E-state index contributed by atoms with van der Waals surface area (Å²) in [6, 6.07) is 13.7. The standard InChI is InChI=1S/C14H14N2O3/c1-15-10-11-2-6-13(7-3-11)19-14-8-4-12(5-9-14)16(17)18/h2-9,15H,10H2,1H3. The molecule has 19 heavy (non-hydrogen) atoms. The van der Waals surface area contributed by atoms with Crippen molar-refractivity contribution >= 4 is 5.69 Å². The summed E-state index contributed by atoms with van der Waals surface area (Å²) in [7, 11) is 1.89. The number of nitro groups is 1. The molecule has 0 aliphatic rings. The molecule has 0 saturated carbocycles. The van der Waals surface area contributed by atoms with E-state index in [9.17, 15) is 10.1 Å². The van der Waals surface area contributed by atoms with Crippen LogP contribution in [0.1, 0.15) is 5.56 Å². The number of nitro benzene ring substituents is 1. The van der Waals surface area contributed by atoms with Crippen LogP contribution in [0.25, 0.3) is 0 Å². The summed E-state index contributed by atoms with van der Waals surface area (Å²) >= 11 is 0. The molecule has 0 aromatic heterocycles. The zero-order valence-corrected chi connectivity index (χ0v) is 10.5. The molecule has 5 heteroatoms. The number of rotatable bonds is 5. The lowest BCUT2D eigenvalue weighted by Crippen LogP contribution is -2.04. The average molecular weight is 258 g/mol. The van der Waals surface area contributed by atoms with Gasteiger partial charge in [0.25, 0.3) is 5.69 Å². The second-order valence-corrected chi connectivity index (χ2v) is 4.03. The highest BCUT2D eigenvalue weighted by Gasteiger charge is 2.04. The summed E-state index contributed by atoms with van der Waals surface area (Å²) in [4.78, 5) is 10.1. The number of non-ortho nitro benzene ring substituents is 1. The van der Waals surface area contributed by atoms with Crippen LogP contribution >= 0.6 is 0 Å².